The molecule has 0 radical (unpaired) electrons. The SMILES string of the molecule is CCN(Cc1cccc(C)n1)c1cc(Cl)nc(SC)n1. The van der Waals surface area contributed by atoms with Gasteiger partial charge in [0, 0.05) is 18.3 Å². The number of thioether (sulfide) groups is 1. The van der Waals surface area contributed by atoms with Crippen LogP contribution in [0, 0.1) is 6.92 Å². The number of aromatic nitrogens is 3. The quantitative estimate of drug-likeness (QED) is 0.480. The van der Waals surface area contributed by atoms with Crippen molar-refractivity contribution in [3.05, 3.63) is 40.8 Å². The lowest BCUT2D eigenvalue weighted by atomic mass is 10.3. The third-order valence-electron chi connectivity index (χ3n) is 2.85. The number of pyridine rings is 1. The Hall–Kier alpha value is -1.33. The standard InChI is InChI=1S/C14H17ClN4S/c1-4-19(9-11-7-5-6-10(2)16-11)13-8-12(15)17-14(18-13)20-3/h5-8H,4,9H2,1-3H3. The molecule has 0 unspecified atom stereocenters. The van der Waals surface area contributed by atoms with Crippen molar-refractivity contribution in [2.24, 2.45) is 0 Å². The average molecular weight is 309 g/mol. The van der Waals surface area contributed by atoms with Crippen LogP contribution in [0.25, 0.3) is 0 Å². The fourth-order valence-corrected chi connectivity index (χ4v) is 2.48. The van der Waals surface area contributed by atoms with Gasteiger partial charge in [0.25, 0.3) is 0 Å². The van der Waals surface area contributed by atoms with Crippen molar-refractivity contribution < 1.29 is 0 Å². The molecule has 2 aromatic rings. The Morgan fingerprint density at radius 2 is 2.05 bits per heavy atom. The molecule has 4 nitrogen and oxygen atoms in total. The molecule has 0 aliphatic rings. The number of nitrogens with zero attached hydrogens (tertiary/aromatic N) is 4. The first kappa shape index (κ1) is 15.1. The molecule has 6 heteroatoms. The molecule has 0 N–H and O–H groups in total. The minimum Gasteiger partial charge on any atom is -0.351 e. The van der Waals surface area contributed by atoms with E-state index >= 15 is 0 Å². The van der Waals surface area contributed by atoms with E-state index in [9.17, 15) is 0 Å². The maximum Gasteiger partial charge on any atom is 0.190 e. The van der Waals surface area contributed by atoms with E-state index in [-0.39, 0.29) is 0 Å². The molecule has 2 rings (SSSR count). The second-order valence-electron chi connectivity index (χ2n) is 4.32. The summed E-state index contributed by atoms with van der Waals surface area (Å²) < 4.78 is 0. The molecule has 0 bridgehead atoms. The molecule has 0 saturated carbocycles. The van der Waals surface area contributed by atoms with Crippen LogP contribution in [0.2, 0.25) is 5.15 Å². The summed E-state index contributed by atoms with van der Waals surface area (Å²) in [5.74, 6) is 0.833. The number of hydrogen-bond donors (Lipinski definition) is 0. The van der Waals surface area contributed by atoms with E-state index in [0.717, 1.165) is 23.8 Å². The zero-order valence-electron chi connectivity index (χ0n) is 11.8. The Kier molecular flexibility index (Phi) is 5.20. The molecule has 0 atom stereocenters. The van der Waals surface area contributed by atoms with E-state index in [4.69, 9.17) is 11.6 Å². The van der Waals surface area contributed by atoms with Gasteiger partial charge in [-0.15, -0.1) is 0 Å². The van der Waals surface area contributed by atoms with Gasteiger partial charge in [-0.2, -0.15) is 0 Å². The van der Waals surface area contributed by atoms with Gasteiger partial charge in [0.1, 0.15) is 11.0 Å². The van der Waals surface area contributed by atoms with Crippen LogP contribution in [0.4, 0.5) is 5.82 Å². The van der Waals surface area contributed by atoms with Crippen molar-refractivity contribution in [2.75, 3.05) is 17.7 Å². The van der Waals surface area contributed by atoms with Crippen molar-refractivity contribution in [3.8, 4) is 0 Å². The third kappa shape index (κ3) is 3.84. The summed E-state index contributed by atoms with van der Waals surface area (Å²) in [5, 5.41) is 1.15. The van der Waals surface area contributed by atoms with Crippen LogP contribution in [0.1, 0.15) is 18.3 Å². The van der Waals surface area contributed by atoms with E-state index in [1.165, 1.54) is 11.8 Å². The van der Waals surface area contributed by atoms with E-state index in [1.54, 1.807) is 6.07 Å². The van der Waals surface area contributed by atoms with E-state index < -0.39 is 0 Å². The topological polar surface area (TPSA) is 41.9 Å². The zero-order valence-corrected chi connectivity index (χ0v) is 13.4. The maximum atomic E-state index is 6.05. The number of aryl methyl sites for hydroxylation is 1. The minimum atomic E-state index is 0.468. The highest BCUT2D eigenvalue weighted by Crippen LogP contribution is 2.21. The lowest BCUT2D eigenvalue weighted by molar-refractivity contribution is 0.774. The van der Waals surface area contributed by atoms with Gasteiger partial charge in [-0.25, -0.2) is 9.97 Å². The van der Waals surface area contributed by atoms with Gasteiger partial charge in [-0.3, -0.25) is 4.98 Å². The fourth-order valence-electron chi connectivity index (χ4n) is 1.88. The highest BCUT2D eigenvalue weighted by Gasteiger charge is 2.11. The molecule has 0 fully saturated rings. The van der Waals surface area contributed by atoms with Gasteiger partial charge in [0.05, 0.1) is 12.2 Å². The van der Waals surface area contributed by atoms with E-state index in [1.807, 2.05) is 31.4 Å². The number of halogens is 1. The van der Waals surface area contributed by atoms with Gasteiger partial charge in [-0.1, -0.05) is 29.4 Å². The summed E-state index contributed by atoms with van der Waals surface area (Å²) in [4.78, 5) is 15.3. The summed E-state index contributed by atoms with van der Waals surface area (Å²) in [7, 11) is 0. The Bertz CT molecular complexity index is 591. The van der Waals surface area contributed by atoms with Gasteiger partial charge >= 0.3 is 0 Å². The van der Waals surface area contributed by atoms with Crippen LogP contribution in [-0.4, -0.2) is 27.8 Å². The van der Waals surface area contributed by atoms with Gasteiger partial charge in [0.2, 0.25) is 0 Å². The molecule has 2 heterocycles. The first-order valence-corrected chi connectivity index (χ1v) is 7.98. The van der Waals surface area contributed by atoms with Crippen LogP contribution < -0.4 is 4.90 Å². The normalized spacial score (nSPS) is 10.6. The van der Waals surface area contributed by atoms with Crippen LogP contribution >= 0.6 is 23.4 Å². The average Bonchev–Trinajstić information content (AvgIpc) is 2.44. The van der Waals surface area contributed by atoms with Crippen molar-refractivity contribution in [3.63, 3.8) is 0 Å². The maximum absolute atomic E-state index is 6.05. The number of hydrogen-bond acceptors (Lipinski definition) is 5. The lowest BCUT2D eigenvalue weighted by Crippen LogP contribution is -2.24. The van der Waals surface area contributed by atoms with Gasteiger partial charge in [-0.05, 0) is 32.2 Å². The van der Waals surface area contributed by atoms with E-state index in [2.05, 4.69) is 26.8 Å². The summed E-state index contributed by atoms with van der Waals surface area (Å²) in [6.07, 6.45) is 1.94. The molecule has 0 aromatic carbocycles. The highest BCUT2D eigenvalue weighted by atomic mass is 35.5. The first-order chi connectivity index (χ1) is 9.62. The molecule has 2 aromatic heterocycles. The summed E-state index contributed by atoms with van der Waals surface area (Å²) in [5.41, 5.74) is 2.04. The smallest absolute Gasteiger partial charge is 0.190 e. The summed E-state index contributed by atoms with van der Waals surface area (Å²) in [6, 6.07) is 7.83. The lowest BCUT2D eigenvalue weighted by Gasteiger charge is -2.22. The van der Waals surface area contributed by atoms with Crippen molar-refractivity contribution in [1.29, 1.82) is 0 Å². The molecule has 0 amide bonds. The monoisotopic (exact) mass is 308 g/mol. The Labute approximate surface area is 128 Å². The van der Waals surface area contributed by atoms with Crippen LogP contribution in [0.5, 0.6) is 0 Å². The zero-order chi connectivity index (χ0) is 14.5. The van der Waals surface area contributed by atoms with E-state index in [0.29, 0.717) is 16.9 Å². The van der Waals surface area contributed by atoms with Crippen molar-refractivity contribution in [2.45, 2.75) is 25.5 Å². The van der Waals surface area contributed by atoms with Gasteiger partial charge < -0.3 is 4.90 Å². The molecule has 20 heavy (non-hydrogen) atoms. The fraction of sp³-hybridized carbons (Fsp3) is 0.357. The van der Waals surface area contributed by atoms with Gasteiger partial charge in [0.15, 0.2) is 5.16 Å². The summed E-state index contributed by atoms with van der Waals surface area (Å²) in [6.45, 7) is 5.62. The molecule has 0 aliphatic carbocycles. The molecule has 0 aliphatic heterocycles. The first-order valence-electron chi connectivity index (χ1n) is 6.38. The van der Waals surface area contributed by atoms with Crippen molar-refractivity contribution in [1.82, 2.24) is 15.0 Å². The van der Waals surface area contributed by atoms with Crippen LogP contribution in [0.3, 0.4) is 0 Å². The molecule has 106 valence electrons. The number of rotatable bonds is 5. The highest BCUT2D eigenvalue weighted by molar-refractivity contribution is 7.98. The second kappa shape index (κ2) is 6.90. The summed E-state index contributed by atoms with van der Waals surface area (Å²) >= 11 is 7.54. The Morgan fingerprint density at radius 3 is 2.70 bits per heavy atom. The molecular weight excluding hydrogens is 292 g/mol. The minimum absolute atomic E-state index is 0.468. The Morgan fingerprint density at radius 1 is 1.25 bits per heavy atom. The third-order valence-corrected chi connectivity index (χ3v) is 3.59. The largest absolute Gasteiger partial charge is 0.351 e. The molecule has 0 spiro atoms. The Balaban J connectivity index is 2.26. The van der Waals surface area contributed by atoms with Crippen LogP contribution in [0.15, 0.2) is 29.4 Å². The van der Waals surface area contributed by atoms with Crippen molar-refractivity contribution >= 4 is 29.2 Å². The second-order valence-corrected chi connectivity index (χ2v) is 5.48. The predicted octanol–water partition coefficient (Wildman–Crippen LogP) is 3.58. The molecule has 0 saturated heterocycles. The number of anilines is 1. The van der Waals surface area contributed by atoms with Crippen LogP contribution in [-0.2, 0) is 6.54 Å². The molecular formula is C14H17ClN4S. The predicted molar refractivity (Wildman–Crippen MR) is 84.5 cm³/mol.